The van der Waals surface area contributed by atoms with Crippen molar-refractivity contribution in [2.45, 2.75) is 26.3 Å². The van der Waals surface area contributed by atoms with E-state index in [4.69, 9.17) is 4.74 Å². The van der Waals surface area contributed by atoms with Crippen LogP contribution in [0.3, 0.4) is 0 Å². The van der Waals surface area contributed by atoms with Crippen LogP contribution in [0, 0.1) is 6.92 Å². The summed E-state index contributed by atoms with van der Waals surface area (Å²) in [5, 5.41) is 3.38. The van der Waals surface area contributed by atoms with E-state index >= 15 is 0 Å². The number of aromatic nitrogens is 1. The molecular formula is C22H24N2O. The zero-order valence-corrected chi connectivity index (χ0v) is 14.6. The smallest absolute Gasteiger partial charge is 0.119 e. The number of hydrogen-bond acceptors (Lipinski definition) is 3. The van der Waals surface area contributed by atoms with Crippen LogP contribution in [0.1, 0.15) is 23.1 Å². The van der Waals surface area contributed by atoms with Crippen LogP contribution in [0.15, 0.2) is 73.1 Å². The average Bonchev–Trinajstić information content (AvgIpc) is 2.67. The van der Waals surface area contributed by atoms with E-state index in [1.165, 1.54) is 16.7 Å². The number of nitrogens with zero attached hydrogens (tertiary/aromatic N) is 1. The molecule has 25 heavy (non-hydrogen) atoms. The standard InChI is InChI=1S/C22H24N2O/c1-18-5-2-3-6-20(18)7-4-16-25-22-10-8-19(9-11-22)17-24-21-12-14-23-15-13-21/h2-3,5-6,8-15H,4,7,16-17H2,1H3,(H,23,24). The largest absolute Gasteiger partial charge is 0.494 e. The first kappa shape index (κ1) is 17.0. The van der Waals surface area contributed by atoms with Crippen molar-refractivity contribution in [1.29, 1.82) is 0 Å². The quantitative estimate of drug-likeness (QED) is 0.589. The highest BCUT2D eigenvalue weighted by atomic mass is 16.5. The Morgan fingerprint density at radius 1 is 0.920 bits per heavy atom. The zero-order chi connectivity index (χ0) is 17.3. The molecule has 2 aromatic carbocycles. The molecule has 0 spiro atoms. The van der Waals surface area contributed by atoms with Crippen LogP contribution in [0.5, 0.6) is 5.75 Å². The summed E-state index contributed by atoms with van der Waals surface area (Å²) in [4.78, 5) is 4.02. The molecule has 0 aliphatic rings. The average molecular weight is 332 g/mol. The first-order valence-corrected chi connectivity index (χ1v) is 8.71. The second kappa shape index (κ2) is 8.88. The number of nitrogens with one attached hydrogen (secondary N) is 1. The highest BCUT2D eigenvalue weighted by molar-refractivity contribution is 5.42. The number of anilines is 1. The summed E-state index contributed by atoms with van der Waals surface area (Å²) >= 11 is 0. The minimum absolute atomic E-state index is 0.739. The lowest BCUT2D eigenvalue weighted by molar-refractivity contribution is 0.311. The van der Waals surface area contributed by atoms with Gasteiger partial charge in [-0.3, -0.25) is 4.98 Å². The van der Waals surface area contributed by atoms with Crippen molar-refractivity contribution in [3.05, 3.63) is 89.7 Å². The number of aryl methyl sites for hydroxylation is 2. The number of pyridine rings is 1. The molecule has 0 aliphatic heterocycles. The molecule has 3 aromatic rings. The van der Waals surface area contributed by atoms with E-state index in [1.54, 1.807) is 12.4 Å². The number of benzene rings is 2. The van der Waals surface area contributed by atoms with E-state index in [0.29, 0.717) is 0 Å². The summed E-state index contributed by atoms with van der Waals surface area (Å²) < 4.78 is 5.86. The Hall–Kier alpha value is -2.81. The second-order valence-electron chi connectivity index (χ2n) is 6.11. The first-order chi connectivity index (χ1) is 12.3. The molecule has 0 unspecified atom stereocenters. The van der Waals surface area contributed by atoms with Gasteiger partial charge in [0, 0.05) is 24.6 Å². The minimum Gasteiger partial charge on any atom is -0.494 e. The van der Waals surface area contributed by atoms with Crippen LogP contribution in [0.2, 0.25) is 0 Å². The molecule has 0 fully saturated rings. The van der Waals surface area contributed by atoms with E-state index < -0.39 is 0 Å². The molecule has 1 heterocycles. The lowest BCUT2D eigenvalue weighted by Crippen LogP contribution is -2.01. The molecule has 0 radical (unpaired) electrons. The van der Waals surface area contributed by atoms with Crippen molar-refractivity contribution in [3.63, 3.8) is 0 Å². The van der Waals surface area contributed by atoms with Gasteiger partial charge in [0.05, 0.1) is 6.61 Å². The summed E-state index contributed by atoms with van der Waals surface area (Å²) in [5.74, 6) is 0.928. The van der Waals surface area contributed by atoms with Gasteiger partial charge in [0.1, 0.15) is 5.75 Å². The molecule has 128 valence electrons. The summed E-state index contributed by atoms with van der Waals surface area (Å²) in [7, 11) is 0. The van der Waals surface area contributed by atoms with Gasteiger partial charge in [-0.2, -0.15) is 0 Å². The Bertz CT molecular complexity index is 770. The van der Waals surface area contributed by atoms with Gasteiger partial charge in [0.25, 0.3) is 0 Å². The second-order valence-corrected chi connectivity index (χ2v) is 6.11. The third kappa shape index (κ3) is 5.35. The van der Waals surface area contributed by atoms with Crippen LogP contribution >= 0.6 is 0 Å². The van der Waals surface area contributed by atoms with Gasteiger partial charge in [-0.1, -0.05) is 36.4 Å². The number of hydrogen-bond donors (Lipinski definition) is 1. The Morgan fingerprint density at radius 2 is 1.68 bits per heavy atom. The fourth-order valence-corrected chi connectivity index (χ4v) is 2.72. The van der Waals surface area contributed by atoms with Crippen molar-refractivity contribution in [2.24, 2.45) is 0 Å². The third-order valence-corrected chi connectivity index (χ3v) is 4.22. The predicted molar refractivity (Wildman–Crippen MR) is 103 cm³/mol. The zero-order valence-electron chi connectivity index (χ0n) is 14.6. The molecule has 0 aliphatic carbocycles. The van der Waals surface area contributed by atoms with Crippen LogP contribution < -0.4 is 10.1 Å². The SMILES string of the molecule is Cc1ccccc1CCCOc1ccc(CNc2ccncc2)cc1. The molecule has 0 atom stereocenters. The van der Waals surface area contributed by atoms with E-state index in [0.717, 1.165) is 37.4 Å². The van der Waals surface area contributed by atoms with Crippen molar-refractivity contribution in [2.75, 3.05) is 11.9 Å². The lowest BCUT2D eigenvalue weighted by atomic mass is 10.0. The predicted octanol–water partition coefficient (Wildman–Crippen LogP) is 5.01. The van der Waals surface area contributed by atoms with E-state index in [-0.39, 0.29) is 0 Å². The van der Waals surface area contributed by atoms with Gasteiger partial charge in [-0.05, 0) is 60.7 Å². The fraction of sp³-hybridized carbons (Fsp3) is 0.227. The van der Waals surface area contributed by atoms with E-state index in [1.807, 2.05) is 24.3 Å². The summed E-state index contributed by atoms with van der Waals surface area (Å²) in [6.07, 6.45) is 5.66. The Kier molecular flexibility index (Phi) is 6.05. The van der Waals surface area contributed by atoms with Crippen molar-refractivity contribution in [1.82, 2.24) is 4.98 Å². The lowest BCUT2D eigenvalue weighted by Gasteiger charge is -2.09. The highest BCUT2D eigenvalue weighted by Crippen LogP contribution is 2.15. The van der Waals surface area contributed by atoms with Crippen LogP contribution in [0.25, 0.3) is 0 Å². The van der Waals surface area contributed by atoms with E-state index in [2.05, 4.69) is 53.6 Å². The van der Waals surface area contributed by atoms with Crippen LogP contribution in [0.4, 0.5) is 5.69 Å². The maximum atomic E-state index is 5.86. The molecule has 0 saturated heterocycles. The molecule has 1 N–H and O–H groups in total. The van der Waals surface area contributed by atoms with Gasteiger partial charge >= 0.3 is 0 Å². The molecule has 3 rings (SSSR count). The highest BCUT2D eigenvalue weighted by Gasteiger charge is 1.99. The molecule has 0 saturated carbocycles. The summed E-state index contributed by atoms with van der Waals surface area (Å²) in [6.45, 7) is 3.69. The van der Waals surface area contributed by atoms with Crippen LogP contribution in [-0.4, -0.2) is 11.6 Å². The fourth-order valence-electron chi connectivity index (χ4n) is 2.72. The van der Waals surface area contributed by atoms with Gasteiger partial charge in [-0.25, -0.2) is 0 Å². The van der Waals surface area contributed by atoms with Crippen LogP contribution in [-0.2, 0) is 13.0 Å². The molecule has 0 amide bonds. The number of rotatable bonds is 8. The summed E-state index contributed by atoms with van der Waals surface area (Å²) in [5.41, 5.74) is 5.06. The topological polar surface area (TPSA) is 34.1 Å². The molecule has 0 bridgehead atoms. The van der Waals surface area contributed by atoms with Gasteiger partial charge in [0.15, 0.2) is 0 Å². The Labute approximate surface area is 149 Å². The maximum absolute atomic E-state index is 5.86. The molecular weight excluding hydrogens is 308 g/mol. The number of ether oxygens (including phenoxy) is 1. The monoisotopic (exact) mass is 332 g/mol. The van der Waals surface area contributed by atoms with E-state index in [9.17, 15) is 0 Å². The maximum Gasteiger partial charge on any atom is 0.119 e. The summed E-state index contributed by atoms with van der Waals surface area (Å²) in [6, 6.07) is 20.7. The first-order valence-electron chi connectivity index (χ1n) is 8.71. The van der Waals surface area contributed by atoms with Crippen molar-refractivity contribution >= 4 is 5.69 Å². The molecule has 1 aromatic heterocycles. The van der Waals surface area contributed by atoms with Gasteiger partial charge < -0.3 is 10.1 Å². The van der Waals surface area contributed by atoms with Gasteiger partial charge in [0.2, 0.25) is 0 Å². The normalized spacial score (nSPS) is 10.4. The Morgan fingerprint density at radius 3 is 2.44 bits per heavy atom. The van der Waals surface area contributed by atoms with Crippen molar-refractivity contribution in [3.8, 4) is 5.75 Å². The molecule has 3 nitrogen and oxygen atoms in total. The minimum atomic E-state index is 0.739. The molecule has 3 heteroatoms. The van der Waals surface area contributed by atoms with Gasteiger partial charge in [-0.15, -0.1) is 0 Å². The Balaban J connectivity index is 1.41. The van der Waals surface area contributed by atoms with Crippen molar-refractivity contribution < 1.29 is 4.74 Å². The third-order valence-electron chi connectivity index (χ3n) is 4.22.